The number of carbonyl (C=O) groups excluding carboxylic acids is 1. The molecule has 0 aliphatic rings. The minimum atomic E-state index is -0.966. The quantitative estimate of drug-likeness (QED) is 0.646. The highest BCUT2D eigenvalue weighted by Crippen LogP contribution is 2.01. The van der Waals surface area contributed by atoms with E-state index >= 15 is 0 Å². The number of hydrogen-bond acceptors (Lipinski definition) is 4. The zero-order valence-corrected chi connectivity index (χ0v) is 10.1. The normalized spacial score (nSPS) is 10.2. The summed E-state index contributed by atoms with van der Waals surface area (Å²) in [5.74, 6) is -0.448. The van der Waals surface area contributed by atoms with Crippen molar-refractivity contribution in [2.24, 2.45) is 0 Å². The topological polar surface area (TPSA) is 88.8 Å². The highest BCUT2D eigenvalue weighted by atomic mass is 16.5. The van der Waals surface area contributed by atoms with Crippen LogP contribution in [0.25, 0.3) is 0 Å². The smallest absolute Gasteiger partial charge is 0.303 e. The molecule has 0 aliphatic carbocycles. The first-order chi connectivity index (χ1) is 8.68. The molecule has 0 aliphatic heterocycles. The Bertz CT molecular complexity index is 361. The maximum absolute atomic E-state index is 11.1. The summed E-state index contributed by atoms with van der Waals surface area (Å²) in [6.45, 7) is 1.41. The summed E-state index contributed by atoms with van der Waals surface area (Å²) < 4.78 is 10.4. The lowest BCUT2D eigenvalue weighted by atomic mass is 10.3. The monoisotopic (exact) mass is 255 g/mol. The van der Waals surface area contributed by atoms with Crippen LogP contribution in [-0.4, -0.2) is 30.1 Å². The van der Waals surface area contributed by atoms with E-state index < -0.39 is 5.97 Å². The Hall–Kier alpha value is -1.82. The first kappa shape index (κ1) is 14.2. The van der Waals surface area contributed by atoms with Crippen molar-refractivity contribution >= 4 is 11.9 Å². The number of carboxylic acids is 1. The van der Waals surface area contributed by atoms with Crippen LogP contribution >= 0.6 is 0 Å². The molecular formula is C12H17NO5. The van der Waals surface area contributed by atoms with Gasteiger partial charge >= 0.3 is 5.97 Å². The van der Waals surface area contributed by atoms with E-state index in [2.05, 4.69) is 5.32 Å². The molecule has 100 valence electrons. The Morgan fingerprint density at radius 3 is 2.89 bits per heavy atom. The van der Waals surface area contributed by atoms with Crippen molar-refractivity contribution in [2.45, 2.75) is 25.9 Å². The zero-order chi connectivity index (χ0) is 13.2. The van der Waals surface area contributed by atoms with Gasteiger partial charge in [-0.25, -0.2) is 0 Å². The van der Waals surface area contributed by atoms with Gasteiger partial charge in [0.25, 0.3) is 0 Å². The molecule has 0 atom stereocenters. The maximum Gasteiger partial charge on any atom is 0.303 e. The van der Waals surface area contributed by atoms with Crippen molar-refractivity contribution in [3.63, 3.8) is 0 Å². The van der Waals surface area contributed by atoms with Crippen LogP contribution in [0.2, 0.25) is 0 Å². The fraction of sp³-hybridized carbons (Fsp3) is 0.500. The largest absolute Gasteiger partial charge is 0.481 e. The molecule has 0 aromatic carbocycles. The van der Waals surface area contributed by atoms with Crippen LogP contribution < -0.4 is 5.32 Å². The number of carbonyl (C=O) groups is 2. The fourth-order valence-corrected chi connectivity index (χ4v) is 1.28. The lowest BCUT2D eigenvalue weighted by Gasteiger charge is -2.04. The number of furan rings is 1. The maximum atomic E-state index is 11.1. The summed E-state index contributed by atoms with van der Waals surface area (Å²) >= 11 is 0. The average molecular weight is 255 g/mol. The fourth-order valence-electron chi connectivity index (χ4n) is 1.28. The highest BCUT2D eigenvalue weighted by Gasteiger charge is 2.04. The van der Waals surface area contributed by atoms with Crippen molar-refractivity contribution < 1.29 is 23.8 Å². The summed E-state index contributed by atoms with van der Waals surface area (Å²) in [4.78, 5) is 21.4. The third-order valence-electron chi connectivity index (χ3n) is 2.18. The van der Waals surface area contributed by atoms with E-state index in [1.165, 1.54) is 0 Å². The molecule has 0 radical (unpaired) electrons. The minimum Gasteiger partial charge on any atom is -0.481 e. The predicted octanol–water partition coefficient (Wildman–Crippen LogP) is 1.17. The van der Waals surface area contributed by atoms with Gasteiger partial charge in [-0.05, 0) is 18.6 Å². The van der Waals surface area contributed by atoms with Gasteiger partial charge in [0.15, 0.2) is 0 Å². The van der Waals surface area contributed by atoms with Crippen LogP contribution in [0, 0.1) is 0 Å². The van der Waals surface area contributed by atoms with Crippen molar-refractivity contribution in [3.8, 4) is 0 Å². The van der Waals surface area contributed by atoms with Crippen molar-refractivity contribution in [3.05, 3.63) is 24.2 Å². The molecule has 2 N–H and O–H groups in total. The molecule has 0 saturated heterocycles. The van der Waals surface area contributed by atoms with E-state index in [0.29, 0.717) is 26.2 Å². The van der Waals surface area contributed by atoms with Gasteiger partial charge in [-0.3, -0.25) is 9.59 Å². The Kier molecular flexibility index (Phi) is 6.56. The summed E-state index contributed by atoms with van der Waals surface area (Å²) in [7, 11) is 0. The van der Waals surface area contributed by atoms with Crippen molar-refractivity contribution in [2.75, 3.05) is 13.2 Å². The summed E-state index contributed by atoms with van der Waals surface area (Å²) in [5.41, 5.74) is 0. The molecule has 1 aromatic heterocycles. The molecule has 0 spiro atoms. The molecule has 1 heterocycles. The van der Waals surface area contributed by atoms with Gasteiger partial charge in [-0.15, -0.1) is 0 Å². The number of rotatable bonds is 9. The second kappa shape index (κ2) is 8.30. The lowest BCUT2D eigenvalue weighted by molar-refractivity contribution is -0.138. The molecule has 0 unspecified atom stereocenters. The van der Waals surface area contributed by atoms with Crippen LogP contribution in [0.5, 0.6) is 0 Å². The molecule has 18 heavy (non-hydrogen) atoms. The molecule has 1 aromatic rings. The van der Waals surface area contributed by atoms with Gasteiger partial charge in [0.05, 0.1) is 12.7 Å². The van der Waals surface area contributed by atoms with Crippen LogP contribution in [0.4, 0.5) is 0 Å². The number of hydrogen-bond donors (Lipinski definition) is 2. The number of carboxylic acid groups (broad SMARTS) is 1. The van der Waals surface area contributed by atoms with Crippen LogP contribution in [0.15, 0.2) is 22.8 Å². The van der Waals surface area contributed by atoms with Crippen LogP contribution in [0.3, 0.4) is 0 Å². The van der Waals surface area contributed by atoms with Gasteiger partial charge in [0, 0.05) is 19.6 Å². The van der Waals surface area contributed by atoms with Gasteiger partial charge in [-0.2, -0.15) is 0 Å². The second-order valence-corrected chi connectivity index (χ2v) is 3.73. The van der Waals surface area contributed by atoms with Crippen molar-refractivity contribution in [1.82, 2.24) is 5.32 Å². The molecule has 1 amide bonds. The molecule has 1 rings (SSSR count). The van der Waals surface area contributed by atoms with E-state index in [9.17, 15) is 9.59 Å². The van der Waals surface area contributed by atoms with E-state index in [1.807, 2.05) is 6.07 Å². The van der Waals surface area contributed by atoms with Crippen molar-refractivity contribution in [1.29, 1.82) is 0 Å². The molecule has 0 bridgehead atoms. The number of aliphatic carboxylic acids is 1. The Balaban J connectivity index is 1.92. The number of nitrogens with one attached hydrogen (secondary N) is 1. The second-order valence-electron chi connectivity index (χ2n) is 3.73. The van der Waals surface area contributed by atoms with Gasteiger partial charge in [0.1, 0.15) is 12.4 Å². The van der Waals surface area contributed by atoms with Gasteiger partial charge in [0.2, 0.25) is 5.91 Å². The van der Waals surface area contributed by atoms with Crippen LogP contribution in [-0.2, 0) is 20.9 Å². The molecule has 0 fully saturated rings. The zero-order valence-electron chi connectivity index (χ0n) is 10.1. The first-order valence-electron chi connectivity index (χ1n) is 5.77. The summed E-state index contributed by atoms with van der Waals surface area (Å²) in [5, 5.41) is 11.0. The average Bonchev–Trinajstić information content (AvgIpc) is 2.84. The van der Waals surface area contributed by atoms with E-state index in [1.54, 1.807) is 12.3 Å². The molecular weight excluding hydrogens is 238 g/mol. The third-order valence-corrected chi connectivity index (χ3v) is 2.18. The predicted molar refractivity (Wildman–Crippen MR) is 62.9 cm³/mol. The molecule has 0 saturated carbocycles. The van der Waals surface area contributed by atoms with E-state index in [4.69, 9.17) is 14.3 Å². The van der Waals surface area contributed by atoms with Crippen LogP contribution in [0.1, 0.15) is 25.0 Å². The van der Waals surface area contributed by atoms with Gasteiger partial charge < -0.3 is 19.6 Å². The van der Waals surface area contributed by atoms with E-state index in [0.717, 1.165) is 5.76 Å². The SMILES string of the molecule is O=C(O)CCC(=O)NCCCOCc1ccco1. The first-order valence-corrected chi connectivity index (χ1v) is 5.77. The Morgan fingerprint density at radius 1 is 1.39 bits per heavy atom. The Morgan fingerprint density at radius 2 is 2.22 bits per heavy atom. The van der Waals surface area contributed by atoms with Gasteiger partial charge in [-0.1, -0.05) is 0 Å². The number of ether oxygens (including phenoxy) is 1. The van der Waals surface area contributed by atoms with E-state index in [-0.39, 0.29) is 18.7 Å². The minimum absolute atomic E-state index is 0.0165. The molecule has 6 nitrogen and oxygen atoms in total. The standard InChI is InChI=1S/C12H17NO5/c14-11(4-5-12(15)16)13-6-2-7-17-9-10-3-1-8-18-10/h1,3,8H,2,4-7,9H2,(H,13,14)(H,15,16). The summed E-state index contributed by atoms with van der Waals surface area (Å²) in [6.07, 6.45) is 2.14. The number of amides is 1. The Labute approximate surface area is 105 Å². The highest BCUT2D eigenvalue weighted by molar-refractivity contribution is 5.80. The lowest BCUT2D eigenvalue weighted by Crippen LogP contribution is -2.25. The third kappa shape index (κ3) is 6.70. The molecule has 6 heteroatoms. The summed E-state index contributed by atoms with van der Waals surface area (Å²) in [6, 6.07) is 3.62.